The number of carbonyl (C=O) groups excluding carboxylic acids is 1. The molecule has 1 amide bonds. The van der Waals surface area contributed by atoms with E-state index >= 15 is 0 Å². The van der Waals surface area contributed by atoms with Gasteiger partial charge < -0.3 is 14.6 Å². The van der Waals surface area contributed by atoms with Gasteiger partial charge in [-0.3, -0.25) is 9.78 Å². The molecule has 0 radical (unpaired) electrons. The summed E-state index contributed by atoms with van der Waals surface area (Å²) in [4.78, 5) is 20.5. The molecule has 1 aliphatic rings. The van der Waals surface area contributed by atoms with Crippen LogP contribution in [0.25, 0.3) is 11.5 Å². The molecule has 0 aliphatic carbocycles. The van der Waals surface area contributed by atoms with E-state index in [1.54, 1.807) is 12.4 Å². The highest BCUT2D eigenvalue weighted by atomic mass is 16.5. The molecule has 0 spiro atoms. The molecule has 0 aromatic carbocycles. The summed E-state index contributed by atoms with van der Waals surface area (Å²) in [5.74, 6) is 0.893. The van der Waals surface area contributed by atoms with Gasteiger partial charge in [0.25, 0.3) is 0 Å². The molecule has 1 aliphatic heterocycles. The SMILES string of the molecule is O=C(NCCn1ccnc1-c1ccccn1)C1CCOC1. The quantitative estimate of drug-likeness (QED) is 0.893. The molecule has 2 aromatic rings. The van der Waals surface area contributed by atoms with E-state index in [0.717, 1.165) is 17.9 Å². The van der Waals surface area contributed by atoms with E-state index in [1.807, 2.05) is 29.0 Å². The van der Waals surface area contributed by atoms with E-state index in [0.29, 0.717) is 26.3 Å². The van der Waals surface area contributed by atoms with E-state index in [9.17, 15) is 4.79 Å². The average Bonchev–Trinajstić information content (AvgIpc) is 3.20. The molecule has 3 rings (SSSR count). The molecule has 6 heteroatoms. The van der Waals surface area contributed by atoms with Crippen LogP contribution in [0.2, 0.25) is 0 Å². The normalized spacial score (nSPS) is 17.8. The molecule has 2 aromatic heterocycles. The van der Waals surface area contributed by atoms with E-state index in [1.165, 1.54) is 0 Å². The summed E-state index contributed by atoms with van der Waals surface area (Å²) in [6.07, 6.45) is 6.21. The lowest BCUT2D eigenvalue weighted by Gasteiger charge is -2.11. The van der Waals surface area contributed by atoms with Crippen molar-refractivity contribution in [2.24, 2.45) is 5.92 Å². The zero-order chi connectivity index (χ0) is 14.5. The van der Waals surface area contributed by atoms with E-state index in [2.05, 4.69) is 15.3 Å². The Morgan fingerprint density at radius 2 is 2.33 bits per heavy atom. The lowest BCUT2D eigenvalue weighted by Crippen LogP contribution is -2.33. The minimum atomic E-state index is 0.00282. The maximum Gasteiger partial charge on any atom is 0.225 e. The summed E-state index contributed by atoms with van der Waals surface area (Å²) in [6, 6.07) is 5.73. The Morgan fingerprint density at radius 3 is 3.10 bits per heavy atom. The van der Waals surface area contributed by atoms with Crippen molar-refractivity contribution in [1.82, 2.24) is 19.9 Å². The lowest BCUT2D eigenvalue weighted by molar-refractivity contribution is -0.124. The first-order valence-corrected chi connectivity index (χ1v) is 7.12. The summed E-state index contributed by atoms with van der Waals surface area (Å²) in [6.45, 7) is 2.47. The van der Waals surface area contributed by atoms with Gasteiger partial charge in [-0.25, -0.2) is 4.98 Å². The second-order valence-corrected chi connectivity index (χ2v) is 5.01. The van der Waals surface area contributed by atoms with Gasteiger partial charge in [-0.05, 0) is 18.6 Å². The van der Waals surface area contributed by atoms with Crippen LogP contribution in [0.3, 0.4) is 0 Å². The van der Waals surface area contributed by atoms with E-state index in [4.69, 9.17) is 4.74 Å². The largest absolute Gasteiger partial charge is 0.381 e. The molecule has 1 saturated heterocycles. The summed E-state index contributed by atoms with van der Waals surface area (Å²) in [5, 5.41) is 2.95. The van der Waals surface area contributed by atoms with Gasteiger partial charge in [0.1, 0.15) is 5.69 Å². The maximum atomic E-state index is 11.9. The number of amides is 1. The van der Waals surface area contributed by atoms with Crippen molar-refractivity contribution in [3.8, 4) is 11.5 Å². The summed E-state index contributed by atoms with van der Waals surface area (Å²) >= 11 is 0. The first-order valence-electron chi connectivity index (χ1n) is 7.12. The number of hydrogen-bond donors (Lipinski definition) is 1. The highest BCUT2D eigenvalue weighted by Gasteiger charge is 2.22. The molecule has 1 fully saturated rings. The maximum absolute atomic E-state index is 11.9. The third-order valence-corrected chi connectivity index (χ3v) is 3.56. The number of hydrogen-bond acceptors (Lipinski definition) is 4. The van der Waals surface area contributed by atoms with Crippen LogP contribution in [0, 0.1) is 5.92 Å². The highest BCUT2D eigenvalue weighted by Crippen LogP contribution is 2.14. The second-order valence-electron chi connectivity index (χ2n) is 5.01. The molecule has 1 N–H and O–H groups in total. The Balaban J connectivity index is 1.56. The van der Waals surface area contributed by atoms with E-state index in [-0.39, 0.29) is 11.8 Å². The number of carbonyl (C=O) groups is 1. The highest BCUT2D eigenvalue weighted by molar-refractivity contribution is 5.78. The van der Waals surface area contributed by atoms with Crippen LogP contribution in [0.5, 0.6) is 0 Å². The van der Waals surface area contributed by atoms with Crippen molar-refractivity contribution in [2.75, 3.05) is 19.8 Å². The third kappa shape index (κ3) is 3.28. The monoisotopic (exact) mass is 286 g/mol. The van der Waals surface area contributed by atoms with E-state index < -0.39 is 0 Å². The predicted molar refractivity (Wildman–Crippen MR) is 77.4 cm³/mol. The van der Waals surface area contributed by atoms with Gasteiger partial charge in [0, 0.05) is 38.3 Å². The second kappa shape index (κ2) is 6.49. The van der Waals surface area contributed by atoms with Crippen LogP contribution in [-0.4, -0.2) is 40.2 Å². The summed E-state index contributed by atoms with van der Waals surface area (Å²) < 4.78 is 7.22. The Bertz CT molecular complexity index is 591. The molecule has 1 unspecified atom stereocenters. The van der Waals surface area contributed by atoms with Crippen LogP contribution in [0.1, 0.15) is 6.42 Å². The zero-order valence-corrected chi connectivity index (χ0v) is 11.7. The molecule has 1 atom stereocenters. The van der Waals surface area contributed by atoms with Crippen molar-refractivity contribution in [3.63, 3.8) is 0 Å². The zero-order valence-electron chi connectivity index (χ0n) is 11.7. The minimum absolute atomic E-state index is 0.00282. The number of nitrogens with one attached hydrogen (secondary N) is 1. The van der Waals surface area contributed by atoms with Crippen molar-refractivity contribution in [2.45, 2.75) is 13.0 Å². The fourth-order valence-corrected chi connectivity index (χ4v) is 2.40. The number of imidazole rings is 1. The first-order chi connectivity index (χ1) is 10.3. The van der Waals surface area contributed by atoms with Gasteiger partial charge in [0.15, 0.2) is 5.82 Å². The van der Waals surface area contributed by atoms with Crippen LogP contribution < -0.4 is 5.32 Å². The molecular formula is C15H18N4O2. The molecule has 0 saturated carbocycles. The van der Waals surface area contributed by atoms with Crippen molar-refractivity contribution in [1.29, 1.82) is 0 Å². The van der Waals surface area contributed by atoms with Crippen molar-refractivity contribution < 1.29 is 9.53 Å². The van der Waals surface area contributed by atoms with Gasteiger partial charge >= 0.3 is 0 Å². The van der Waals surface area contributed by atoms with Crippen LogP contribution >= 0.6 is 0 Å². The van der Waals surface area contributed by atoms with Crippen LogP contribution in [0.15, 0.2) is 36.8 Å². The fourth-order valence-electron chi connectivity index (χ4n) is 2.40. The Labute approximate surface area is 123 Å². The Kier molecular flexibility index (Phi) is 4.25. The minimum Gasteiger partial charge on any atom is -0.381 e. The van der Waals surface area contributed by atoms with Gasteiger partial charge in [0.2, 0.25) is 5.91 Å². The summed E-state index contributed by atoms with van der Waals surface area (Å²) in [7, 11) is 0. The summed E-state index contributed by atoms with van der Waals surface area (Å²) in [5.41, 5.74) is 0.831. The number of aromatic nitrogens is 3. The number of pyridine rings is 1. The Morgan fingerprint density at radius 1 is 1.38 bits per heavy atom. The van der Waals surface area contributed by atoms with Crippen LogP contribution in [-0.2, 0) is 16.1 Å². The number of nitrogens with zero attached hydrogens (tertiary/aromatic N) is 3. The molecule has 0 bridgehead atoms. The average molecular weight is 286 g/mol. The standard InChI is InChI=1S/C15H18N4O2/c20-15(12-4-10-21-11-12)18-7-9-19-8-6-17-14(19)13-3-1-2-5-16-13/h1-3,5-6,8,12H,4,7,9-11H2,(H,18,20). The Hall–Kier alpha value is -2.21. The smallest absolute Gasteiger partial charge is 0.225 e. The predicted octanol–water partition coefficient (Wildman–Crippen LogP) is 1.10. The lowest BCUT2D eigenvalue weighted by atomic mass is 10.1. The van der Waals surface area contributed by atoms with Crippen LogP contribution in [0.4, 0.5) is 0 Å². The third-order valence-electron chi connectivity index (χ3n) is 3.56. The molecule has 110 valence electrons. The topological polar surface area (TPSA) is 69.0 Å². The van der Waals surface area contributed by atoms with Gasteiger partial charge in [-0.15, -0.1) is 0 Å². The molecule has 6 nitrogen and oxygen atoms in total. The molecule has 21 heavy (non-hydrogen) atoms. The molecule has 3 heterocycles. The van der Waals surface area contributed by atoms with Gasteiger partial charge in [-0.1, -0.05) is 6.07 Å². The number of ether oxygens (including phenoxy) is 1. The van der Waals surface area contributed by atoms with Gasteiger partial charge in [-0.2, -0.15) is 0 Å². The fraction of sp³-hybridized carbons (Fsp3) is 0.400. The van der Waals surface area contributed by atoms with Crippen molar-refractivity contribution >= 4 is 5.91 Å². The first kappa shape index (κ1) is 13.8. The number of rotatable bonds is 5. The van der Waals surface area contributed by atoms with Crippen molar-refractivity contribution in [3.05, 3.63) is 36.8 Å². The molecular weight excluding hydrogens is 268 g/mol. The van der Waals surface area contributed by atoms with Gasteiger partial charge in [0.05, 0.1) is 12.5 Å².